The Labute approximate surface area is 142 Å². The first-order chi connectivity index (χ1) is 11.8. The van der Waals surface area contributed by atoms with Crippen molar-refractivity contribution >= 4 is 22.1 Å². The van der Waals surface area contributed by atoms with Gasteiger partial charge in [0.05, 0.1) is 0 Å². The predicted molar refractivity (Wildman–Crippen MR) is 100 cm³/mol. The summed E-state index contributed by atoms with van der Waals surface area (Å²) in [5, 5.41) is 2.24. The summed E-state index contributed by atoms with van der Waals surface area (Å²) in [4.78, 5) is 9.19. The van der Waals surface area contributed by atoms with E-state index in [0.717, 1.165) is 43.8 Å². The van der Waals surface area contributed by atoms with Crippen LogP contribution < -0.4 is 10.6 Å². The van der Waals surface area contributed by atoms with Crippen molar-refractivity contribution in [2.75, 3.05) is 36.8 Å². The van der Waals surface area contributed by atoms with Gasteiger partial charge in [0.2, 0.25) is 0 Å². The lowest BCUT2D eigenvalue weighted by atomic mass is 10.1. The molecule has 0 aliphatic carbocycles. The van der Waals surface area contributed by atoms with Crippen molar-refractivity contribution in [1.82, 2.24) is 9.88 Å². The molecule has 4 nitrogen and oxygen atoms in total. The highest BCUT2D eigenvalue weighted by molar-refractivity contribution is 6.00. The van der Waals surface area contributed by atoms with Gasteiger partial charge in [-0.3, -0.25) is 9.88 Å². The summed E-state index contributed by atoms with van der Waals surface area (Å²) in [5.41, 5.74) is 9.54. The lowest BCUT2D eigenvalue weighted by Gasteiger charge is -2.36. The number of hydrogen-bond donors (Lipinski definition) is 1. The molecule has 1 aliphatic rings. The quantitative estimate of drug-likeness (QED) is 0.754. The van der Waals surface area contributed by atoms with Crippen molar-refractivity contribution in [3.63, 3.8) is 0 Å². The number of anilines is 2. The monoisotopic (exact) mass is 318 g/mol. The molecule has 4 rings (SSSR count). The highest BCUT2D eigenvalue weighted by Crippen LogP contribution is 2.30. The molecule has 0 bridgehead atoms. The molecule has 24 heavy (non-hydrogen) atoms. The maximum Gasteiger partial charge on any atom is 0.0449 e. The fraction of sp³-hybridized carbons (Fsp3) is 0.250. The maximum absolute atomic E-state index is 6.10. The van der Waals surface area contributed by atoms with E-state index in [9.17, 15) is 0 Å². The molecule has 1 saturated heterocycles. The van der Waals surface area contributed by atoms with Crippen LogP contribution in [0.25, 0.3) is 10.8 Å². The summed E-state index contributed by atoms with van der Waals surface area (Å²) in [5.74, 6) is 0. The molecule has 1 aliphatic heterocycles. The molecule has 122 valence electrons. The molecule has 0 spiro atoms. The van der Waals surface area contributed by atoms with Gasteiger partial charge in [0.25, 0.3) is 0 Å². The summed E-state index contributed by atoms with van der Waals surface area (Å²) in [6, 6.07) is 16.9. The Bertz CT molecular complexity index is 823. The normalized spacial score (nSPS) is 15.8. The zero-order valence-corrected chi connectivity index (χ0v) is 13.7. The van der Waals surface area contributed by atoms with Gasteiger partial charge in [-0.1, -0.05) is 30.3 Å². The van der Waals surface area contributed by atoms with Crippen LogP contribution in [0.4, 0.5) is 11.4 Å². The standard InChI is InChI=1S/C20H22N4/c21-19-6-7-20(17-8-9-22-14-18(17)19)24-12-10-23(11-13-24)15-16-4-2-1-3-5-16/h1-9,14H,10-13,15,21H2. The van der Waals surface area contributed by atoms with Gasteiger partial charge < -0.3 is 10.6 Å². The number of fused-ring (bicyclic) bond motifs is 1. The van der Waals surface area contributed by atoms with Crippen LogP contribution >= 0.6 is 0 Å². The van der Waals surface area contributed by atoms with E-state index >= 15 is 0 Å². The van der Waals surface area contributed by atoms with Gasteiger partial charge in [0, 0.05) is 67.3 Å². The number of piperazine rings is 1. The Kier molecular flexibility index (Phi) is 4.05. The summed E-state index contributed by atoms with van der Waals surface area (Å²) < 4.78 is 0. The maximum atomic E-state index is 6.10. The highest BCUT2D eigenvalue weighted by atomic mass is 15.3. The number of nitrogens with two attached hydrogens (primary N) is 1. The molecule has 2 N–H and O–H groups in total. The molecule has 0 radical (unpaired) electrons. The van der Waals surface area contributed by atoms with Gasteiger partial charge in [-0.2, -0.15) is 0 Å². The number of hydrogen-bond acceptors (Lipinski definition) is 4. The van der Waals surface area contributed by atoms with E-state index in [0.29, 0.717) is 0 Å². The van der Waals surface area contributed by atoms with E-state index in [1.165, 1.54) is 16.6 Å². The number of benzene rings is 2. The Balaban J connectivity index is 1.49. The molecule has 2 aromatic carbocycles. The summed E-state index contributed by atoms with van der Waals surface area (Å²) in [7, 11) is 0. The minimum atomic E-state index is 0.796. The van der Waals surface area contributed by atoms with Gasteiger partial charge in [-0.15, -0.1) is 0 Å². The van der Waals surface area contributed by atoms with Crippen molar-refractivity contribution in [1.29, 1.82) is 0 Å². The number of rotatable bonds is 3. The van der Waals surface area contributed by atoms with E-state index in [2.05, 4.69) is 57.2 Å². The summed E-state index contributed by atoms with van der Waals surface area (Å²) >= 11 is 0. The van der Waals surface area contributed by atoms with Crippen LogP contribution in [0.1, 0.15) is 5.56 Å². The molecular formula is C20H22N4. The Morgan fingerprint density at radius 3 is 2.46 bits per heavy atom. The smallest absolute Gasteiger partial charge is 0.0449 e. The zero-order chi connectivity index (χ0) is 16.4. The van der Waals surface area contributed by atoms with Crippen LogP contribution in [0, 0.1) is 0 Å². The van der Waals surface area contributed by atoms with E-state index in [4.69, 9.17) is 5.73 Å². The first kappa shape index (κ1) is 15.0. The van der Waals surface area contributed by atoms with Crippen molar-refractivity contribution in [3.8, 4) is 0 Å². The fourth-order valence-electron chi connectivity index (χ4n) is 3.46. The van der Waals surface area contributed by atoms with Crippen LogP contribution in [0.3, 0.4) is 0 Å². The average Bonchev–Trinajstić information content (AvgIpc) is 2.64. The van der Waals surface area contributed by atoms with Crippen LogP contribution in [-0.2, 0) is 6.54 Å². The molecule has 2 heterocycles. The van der Waals surface area contributed by atoms with Gasteiger partial charge in [0.15, 0.2) is 0 Å². The average molecular weight is 318 g/mol. The number of nitrogen functional groups attached to an aromatic ring is 1. The second-order valence-electron chi connectivity index (χ2n) is 6.34. The summed E-state index contributed by atoms with van der Waals surface area (Å²) in [6.07, 6.45) is 3.71. The topological polar surface area (TPSA) is 45.4 Å². The van der Waals surface area contributed by atoms with E-state index in [1.54, 1.807) is 0 Å². The van der Waals surface area contributed by atoms with Crippen LogP contribution in [-0.4, -0.2) is 36.1 Å². The number of nitrogens with zero attached hydrogens (tertiary/aromatic N) is 3. The molecule has 4 heteroatoms. The fourth-order valence-corrected chi connectivity index (χ4v) is 3.46. The first-order valence-corrected chi connectivity index (χ1v) is 8.45. The molecule has 1 aromatic heterocycles. The molecule has 0 amide bonds. The lowest BCUT2D eigenvalue weighted by Crippen LogP contribution is -2.46. The van der Waals surface area contributed by atoms with Crippen molar-refractivity contribution in [3.05, 3.63) is 66.5 Å². The van der Waals surface area contributed by atoms with Gasteiger partial charge in [-0.05, 0) is 23.8 Å². The van der Waals surface area contributed by atoms with Crippen molar-refractivity contribution in [2.24, 2.45) is 0 Å². The minimum Gasteiger partial charge on any atom is -0.398 e. The number of pyridine rings is 1. The first-order valence-electron chi connectivity index (χ1n) is 8.45. The van der Waals surface area contributed by atoms with Crippen LogP contribution in [0.2, 0.25) is 0 Å². The van der Waals surface area contributed by atoms with Crippen LogP contribution in [0.5, 0.6) is 0 Å². The van der Waals surface area contributed by atoms with E-state index in [-0.39, 0.29) is 0 Å². The zero-order valence-electron chi connectivity index (χ0n) is 13.7. The molecule has 3 aromatic rings. The minimum absolute atomic E-state index is 0.796. The molecular weight excluding hydrogens is 296 g/mol. The van der Waals surface area contributed by atoms with Gasteiger partial charge >= 0.3 is 0 Å². The third-order valence-corrected chi connectivity index (χ3v) is 4.79. The van der Waals surface area contributed by atoms with E-state index in [1.807, 2.05) is 18.5 Å². The van der Waals surface area contributed by atoms with Crippen molar-refractivity contribution < 1.29 is 0 Å². The van der Waals surface area contributed by atoms with E-state index < -0.39 is 0 Å². The molecule has 0 saturated carbocycles. The molecule has 0 atom stereocenters. The predicted octanol–water partition coefficient (Wildman–Crippen LogP) is 3.14. The summed E-state index contributed by atoms with van der Waals surface area (Å²) in [6.45, 7) is 5.25. The second kappa shape index (κ2) is 6.49. The number of aromatic nitrogens is 1. The van der Waals surface area contributed by atoms with Gasteiger partial charge in [0.1, 0.15) is 0 Å². The molecule has 0 unspecified atom stereocenters. The lowest BCUT2D eigenvalue weighted by molar-refractivity contribution is 0.250. The highest BCUT2D eigenvalue weighted by Gasteiger charge is 2.19. The third kappa shape index (κ3) is 2.93. The second-order valence-corrected chi connectivity index (χ2v) is 6.34. The Hall–Kier alpha value is -2.59. The Morgan fingerprint density at radius 2 is 1.67 bits per heavy atom. The third-order valence-electron chi connectivity index (χ3n) is 4.79. The SMILES string of the molecule is Nc1ccc(N2CCN(Cc3ccccc3)CC2)c2ccncc12. The van der Waals surface area contributed by atoms with Gasteiger partial charge in [-0.25, -0.2) is 0 Å². The van der Waals surface area contributed by atoms with Crippen LogP contribution in [0.15, 0.2) is 60.9 Å². The largest absolute Gasteiger partial charge is 0.398 e. The Morgan fingerprint density at radius 1 is 0.875 bits per heavy atom. The molecule has 1 fully saturated rings. The van der Waals surface area contributed by atoms with Crippen molar-refractivity contribution in [2.45, 2.75) is 6.54 Å².